The molecule has 4 atom stereocenters. The van der Waals surface area contributed by atoms with Gasteiger partial charge in [-0.25, -0.2) is 58.3 Å². The third-order valence-corrected chi connectivity index (χ3v) is 26.1. The fraction of sp³-hybridized carbons (Fsp3) is 0.474. The lowest BCUT2D eigenvalue weighted by Crippen LogP contribution is -2.50. The van der Waals surface area contributed by atoms with Crippen molar-refractivity contribution in [3.05, 3.63) is 224 Å². The summed E-state index contributed by atoms with van der Waals surface area (Å²) in [5, 5.41) is 42.7. The van der Waals surface area contributed by atoms with E-state index in [2.05, 4.69) is 162 Å². The van der Waals surface area contributed by atoms with Crippen LogP contribution in [-0.2, 0) is 65.8 Å². The predicted molar refractivity (Wildman–Crippen MR) is 518 cm³/mol. The van der Waals surface area contributed by atoms with Crippen molar-refractivity contribution < 1.29 is 62.6 Å². The topological polar surface area (TPSA) is 325 Å². The van der Waals surface area contributed by atoms with Crippen LogP contribution in [-0.4, -0.2) is 176 Å². The SMILES string of the molecule is C=CCN(Cc1csc(C(C)C)n1)C(=O)N[C@H](C(=O)OC)C(C)C.COC(=O)[C@@H](NC(=O)N(C/C=C/c1ccc(C)cc1)Cc1csc(C(C)C)n1)C(C)C.CP(C)(=O)c1ccc(Br)cc1.Cc1ccc(/C=C/CN(Cc2csc(C(C)C)n2)C(=O)N[C@H](C(=O)O)C(C)C)cc1.Cc1ccc(CCCN(Cc2csc(C(C)C)n2)C(=O)N[C@H](C(=O)O)C(C)C)cc1. The Bertz CT molecular complexity index is 4800. The van der Waals surface area contributed by atoms with Gasteiger partial charge in [0.15, 0.2) is 0 Å². The number of carboxylic acid groups (broad SMARTS) is 2. The van der Waals surface area contributed by atoms with Crippen LogP contribution >= 0.6 is 68.4 Å². The normalized spacial score (nSPS) is 12.3. The highest BCUT2D eigenvalue weighted by Crippen LogP contribution is 2.35. The molecule has 126 heavy (non-hydrogen) atoms. The van der Waals surface area contributed by atoms with Gasteiger partial charge in [0, 0.05) is 81.1 Å². The smallest absolute Gasteiger partial charge is 0.328 e. The molecule has 0 aliphatic heterocycles. The molecule has 0 aliphatic carbocycles. The molecule has 4 heterocycles. The van der Waals surface area contributed by atoms with Crippen molar-refractivity contribution in [3.8, 4) is 0 Å². The number of hydrogen-bond donors (Lipinski definition) is 6. The van der Waals surface area contributed by atoms with E-state index >= 15 is 0 Å². The average molecular weight is 1890 g/mol. The average Bonchev–Trinajstić information content (AvgIpc) is 1.46. The van der Waals surface area contributed by atoms with Gasteiger partial charge in [-0.05, 0) is 99.4 Å². The zero-order valence-corrected chi connectivity index (χ0v) is 83.3. The Hall–Kier alpha value is -9.71. The predicted octanol–water partition coefficient (Wildman–Crippen LogP) is 20.6. The maximum atomic E-state index is 13.1. The van der Waals surface area contributed by atoms with Crippen molar-refractivity contribution in [1.82, 2.24) is 60.8 Å². The van der Waals surface area contributed by atoms with Gasteiger partial charge in [0.05, 0.1) is 83.2 Å². The summed E-state index contributed by atoms with van der Waals surface area (Å²) in [6.45, 7) is 47.7. The number of ether oxygens (including phenoxy) is 2. The maximum absolute atomic E-state index is 13.1. The highest BCUT2D eigenvalue weighted by atomic mass is 79.9. The van der Waals surface area contributed by atoms with E-state index in [0.29, 0.717) is 76.0 Å². The van der Waals surface area contributed by atoms with Crippen LogP contribution in [0.5, 0.6) is 0 Å². The number of carbonyl (C=O) groups is 8. The molecule has 0 saturated heterocycles. The lowest BCUT2D eigenvalue weighted by atomic mass is 10.1. The summed E-state index contributed by atoms with van der Waals surface area (Å²) >= 11 is 9.68. The Morgan fingerprint density at radius 2 is 0.722 bits per heavy atom. The molecular weight excluding hydrogens is 1760 g/mol. The van der Waals surface area contributed by atoms with Crippen molar-refractivity contribution in [2.75, 3.05) is 53.7 Å². The molecule has 31 heteroatoms. The lowest BCUT2D eigenvalue weighted by Gasteiger charge is -2.26. The molecule has 8 rings (SSSR count). The number of halogens is 1. The Morgan fingerprint density at radius 3 is 0.992 bits per heavy atom. The zero-order chi connectivity index (χ0) is 94.2. The van der Waals surface area contributed by atoms with Crippen LogP contribution in [0.25, 0.3) is 12.2 Å². The number of thiazole rings is 4. The van der Waals surface area contributed by atoms with Gasteiger partial charge in [0.25, 0.3) is 0 Å². The summed E-state index contributed by atoms with van der Waals surface area (Å²) in [7, 11) is 0.583. The van der Waals surface area contributed by atoms with Gasteiger partial charge in [-0.2, -0.15) is 0 Å². The van der Waals surface area contributed by atoms with Gasteiger partial charge < -0.3 is 65.1 Å². The number of benzene rings is 4. The molecule has 0 radical (unpaired) electrons. The Kier molecular flexibility index (Phi) is 47.5. The maximum Gasteiger partial charge on any atom is 0.328 e. The number of methoxy groups -OCH3 is 2. The molecule has 0 spiro atoms. The van der Waals surface area contributed by atoms with Crippen molar-refractivity contribution in [3.63, 3.8) is 0 Å². The summed E-state index contributed by atoms with van der Waals surface area (Å²) in [6.07, 6.45) is 11.1. The molecule has 4 aromatic heterocycles. The van der Waals surface area contributed by atoms with Crippen LogP contribution in [0.3, 0.4) is 0 Å². The number of nitrogens with one attached hydrogen (secondary N) is 4. The van der Waals surface area contributed by atoms with Gasteiger partial charge in [0.2, 0.25) is 0 Å². The molecule has 25 nitrogen and oxygen atoms in total. The second-order valence-corrected chi connectivity index (χ2v) is 41.3. The molecule has 6 N–H and O–H groups in total. The van der Waals surface area contributed by atoms with E-state index in [4.69, 9.17) is 9.47 Å². The van der Waals surface area contributed by atoms with Crippen LogP contribution in [0.1, 0.15) is 217 Å². The number of aromatic nitrogens is 4. The highest BCUT2D eigenvalue weighted by Gasteiger charge is 2.32. The fourth-order valence-electron chi connectivity index (χ4n) is 11.7. The molecular formula is C95H134BrN12O13PS4. The molecule has 0 bridgehead atoms. The Morgan fingerprint density at radius 1 is 0.437 bits per heavy atom. The monoisotopic (exact) mass is 1890 g/mol. The Labute approximate surface area is 771 Å². The third kappa shape index (κ3) is 39.3. The molecule has 0 aliphatic rings. The first-order chi connectivity index (χ1) is 59.3. The lowest BCUT2D eigenvalue weighted by molar-refractivity contribution is -0.144. The van der Waals surface area contributed by atoms with E-state index in [1.54, 1.807) is 112 Å². The van der Waals surface area contributed by atoms with Crippen molar-refractivity contribution in [2.24, 2.45) is 23.7 Å². The van der Waals surface area contributed by atoms with E-state index in [9.17, 15) is 53.1 Å². The summed E-state index contributed by atoms with van der Waals surface area (Å²) in [4.78, 5) is 123. The number of carbonyl (C=O) groups excluding carboxylic acids is 6. The van der Waals surface area contributed by atoms with Crippen molar-refractivity contribution in [2.45, 2.75) is 218 Å². The largest absolute Gasteiger partial charge is 0.480 e. The van der Waals surface area contributed by atoms with E-state index in [1.165, 1.54) is 36.5 Å². The minimum atomic E-state index is -2.06. The summed E-state index contributed by atoms with van der Waals surface area (Å²) in [5.41, 5.74) is 10.3. The first-order valence-electron chi connectivity index (χ1n) is 42.4. The van der Waals surface area contributed by atoms with Gasteiger partial charge in [-0.15, -0.1) is 51.9 Å². The first kappa shape index (κ1) is 109. The number of carboxylic acids is 2. The summed E-state index contributed by atoms with van der Waals surface area (Å²) in [6, 6.07) is 27.6. The van der Waals surface area contributed by atoms with Gasteiger partial charge in [0.1, 0.15) is 31.3 Å². The quantitative estimate of drug-likeness (QED) is 0.0120. The number of nitrogens with zero attached hydrogens (tertiary/aromatic N) is 8. The number of aliphatic carboxylic acids is 2. The molecule has 4 aromatic carbocycles. The van der Waals surface area contributed by atoms with E-state index in [1.807, 2.05) is 148 Å². The molecule has 0 unspecified atom stereocenters. The standard InChI is InChI=1S/C24H33N3O3S.C23H33N3O3S.C23H31N3O3S.C17H27N3O3S.C8H10BrOP/c1-16(2)21(23(28)30-6)26-24(29)27(14-20-15-31-22(25-20)17(3)4)13-7-8-19-11-9-18(5)10-12-19;2*1-15(2)20(22(27)28)25-23(29)26(13-19-14-30-21(24-19)16(3)4)12-6-7-18-10-8-17(5)9-11-18;1-7-8-20(9-13-10-24-15(18-13)12(4)5)17(22)19-14(11(2)3)16(21)23-6;1-11(2,10)8-5-3-7(9)4-6-8/h7-12,15-17,21H,13-14H2,1-6H3,(H,26,29);8-11,14-16,20H,6-7,12-13H2,1-5H3,(H,25,29)(H,27,28);6-11,14-16,20H,12-13H2,1-5H3,(H,25,29)(H,27,28);7,10-12,14H,1,8-9H2,2-6H3,(H,19,22);3-6H,1-2H3/b8-7+;;7-6+;;/t21-;2*20-;14-;/m0000./s1. The van der Waals surface area contributed by atoms with Crippen molar-refractivity contribution in [1.29, 1.82) is 0 Å². The summed E-state index contributed by atoms with van der Waals surface area (Å²) in [5.74, 6) is -2.18. The number of amides is 8. The number of hydrogen-bond acceptors (Lipinski definition) is 19. The zero-order valence-electron chi connectivity index (χ0n) is 77.6. The number of rotatable bonds is 37. The van der Waals surface area contributed by atoms with Crippen LogP contribution in [0, 0.1) is 44.4 Å². The van der Waals surface area contributed by atoms with Crippen LogP contribution < -0.4 is 26.6 Å². The van der Waals surface area contributed by atoms with E-state index in [0.717, 1.165) is 76.6 Å². The van der Waals surface area contributed by atoms with Gasteiger partial charge in [-0.1, -0.05) is 259 Å². The second-order valence-electron chi connectivity index (χ2n) is 33.6. The minimum Gasteiger partial charge on any atom is -0.480 e. The third-order valence-electron chi connectivity index (χ3n) is 19.3. The van der Waals surface area contributed by atoms with E-state index in [-0.39, 0.29) is 41.8 Å². The summed E-state index contributed by atoms with van der Waals surface area (Å²) < 4.78 is 22.1. The second kappa shape index (κ2) is 55.1. The molecule has 8 amide bonds. The molecule has 688 valence electrons. The molecule has 0 fully saturated rings. The van der Waals surface area contributed by atoms with Gasteiger partial charge in [-0.3, -0.25) is 0 Å². The van der Waals surface area contributed by atoms with Gasteiger partial charge >= 0.3 is 48.0 Å². The number of aryl methyl sites for hydroxylation is 4. The van der Waals surface area contributed by atoms with Crippen LogP contribution in [0.2, 0.25) is 0 Å². The highest BCUT2D eigenvalue weighted by molar-refractivity contribution is 9.10. The fourth-order valence-corrected chi connectivity index (χ4v) is 16.1. The Balaban J connectivity index is 0.000000339. The first-order valence-corrected chi connectivity index (χ1v) is 49.3. The number of esters is 2. The minimum absolute atomic E-state index is 0.0706. The van der Waals surface area contributed by atoms with Crippen molar-refractivity contribution >= 4 is 134 Å². The van der Waals surface area contributed by atoms with Crippen LogP contribution in [0.4, 0.5) is 19.2 Å². The van der Waals surface area contributed by atoms with E-state index < -0.39 is 61.2 Å². The number of urea groups is 4. The molecule has 8 aromatic rings. The molecule has 0 saturated carbocycles. The van der Waals surface area contributed by atoms with Crippen LogP contribution in [0.15, 0.2) is 148 Å².